The smallest absolute Gasteiger partial charge is 0.446 e. The molecule has 0 spiro atoms. The zero-order valence-electron chi connectivity index (χ0n) is 22.0. The number of benzene rings is 2. The van der Waals surface area contributed by atoms with Crippen molar-refractivity contribution in [1.82, 2.24) is 9.78 Å². The van der Waals surface area contributed by atoms with Crippen LogP contribution in [0, 0.1) is 0 Å². The molecule has 1 fully saturated rings. The maximum absolute atomic E-state index is 14.5. The molecular weight excluding hydrogens is 533 g/mol. The highest BCUT2D eigenvalue weighted by Gasteiger charge is 2.43. The average Bonchev–Trinajstić information content (AvgIpc) is 3.26. The molecule has 2 aromatic carbocycles. The van der Waals surface area contributed by atoms with Crippen LogP contribution in [0.2, 0.25) is 0 Å². The molecule has 4 atom stereocenters. The number of aromatic nitrogens is 2. The Morgan fingerprint density at radius 1 is 1.07 bits per heavy atom. The first-order valence-corrected chi connectivity index (χ1v) is 12.8. The minimum Gasteiger partial charge on any atom is -0.446 e. The molecule has 0 saturated carbocycles. The Morgan fingerprint density at radius 3 is 2.38 bits per heavy atom. The first kappa shape index (κ1) is 29.4. The number of halogens is 3. The van der Waals surface area contributed by atoms with Crippen LogP contribution in [0.3, 0.4) is 0 Å². The number of methoxy groups -OCH3 is 1. The molecule has 0 amide bonds. The predicted molar refractivity (Wildman–Crippen MR) is 136 cm³/mol. The van der Waals surface area contributed by atoms with Gasteiger partial charge in [-0.3, -0.25) is 4.68 Å². The normalized spacial score (nSPS) is 21.2. The lowest BCUT2D eigenvalue weighted by Crippen LogP contribution is -2.51. The summed E-state index contributed by atoms with van der Waals surface area (Å²) < 4.78 is 65.2. The van der Waals surface area contributed by atoms with Crippen LogP contribution in [0.1, 0.15) is 41.3 Å². The summed E-state index contributed by atoms with van der Waals surface area (Å²) in [6, 6.07) is 15.8. The number of aryl methyl sites for hydroxylation is 1. The fourth-order valence-electron chi connectivity index (χ4n) is 4.48. The van der Waals surface area contributed by atoms with Crippen LogP contribution in [-0.2, 0) is 39.8 Å². The minimum atomic E-state index is -4.76. The molecule has 3 unspecified atom stereocenters. The van der Waals surface area contributed by atoms with Crippen molar-refractivity contribution in [3.8, 4) is 5.88 Å². The Labute approximate surface area is 229 Å². The molecule has 1 saturated heterocycles. The fraction of sp³-hybridized carbons (Fsp3) is 0.429. The number of hydrogen-bond donors (Lipinski definition) is 2. The standard InChI is InChI=1S/C28H31F3N2O7/c1-3-17-9-11-18(12-10-17)13-20-25(28(29,30)31)33(15-19-7-5-4-6-8-19)32-26(20)40-23-14-21(34)24(35)22(39-23)16-38-27(36)37-2/h4-12,21-24,34-35H,3,13-16H2,1-2H3/t21?,22?,23?,24-/m0/s1. The lowest BCUT2D eigenvalue weighted by molar-refractivity contribution is -0.231. The van der Waals surface area contributed by atoms with Gasteiger partial charge in [0.25, 0.3) is 0 Å². The van der Waals surface area contributed by atoms with E-state index >= 15 is 0 Å². The van der Waals surface area contributed by atoms with E-state index in [4.69, 9.17) is 14.2 Å². The van der Waals surface area contributed by atoms with E-state index in [2.05, 4.69) is 9.84 Å². The molecule has 2 heterocycles. The van der Waals surface area contributed by atoms with Crippen molar-refractivity contribution in [1.29, 1.82) is 0 Å². The van der Waals surface area contributed by atoms with Gasteiger partial charge < -0.3 is 29.2 Å². The van der Waals surface area contributed by atoms with Gasteiger partial charge in [0.2, 0.25) is 12.2 Å². The second kappa shape index (κ2) is 12.7. The molecule has 3 aromatic rings. The topological polar surface area (TPSA) is 112 Å². The van der Waals surface area contributed by atoms with Crippen LogP contribution >= 0.6 is 0 Å². The summed E-state index contributed by atoms with van der Waals surface area (Å²) in [6.45, 7) is 1.34. The van der Waals surface area contributed by atoms with E-state index in [0.717, 1.165) is 23.8 Å². The van der Waals surface area contributed by atoms with Crippen LogP contribution in [0.25, 0.3) is 0 Å². The fourth-order valence-corrected chi connectivity index (χ4v) is 4.48. The predicted octanol–water partition coefficient (Wildman–Crippen LogP) is 4.10. The highest BCUT2D eigenvalue weighted by Crippen LogP contribution is 2.39. The molecular formula is C28H31F3N2O7. The molecule has 4 rings (SSSR count). The highest BCUT2D eigenvalue weighted by molar-refractivity contribution is 5.59. The Bertz CT molecular complexity index is 1270. The third-order valence-electron chi connectivity index (χ3n) is 6.58. The van der Waals surface area contributed by atoms with Gasteiger partial charge in [0.1, 0.15) is 24.5 Å². The monoisotopic (exact) mass is 564 g/mol. The van der Waals surface area contributed by atoms with E-state index in [9.17, 15) is 28.2 Å². The number of carbonyl (C=O) groups excluding carboxylic acids is 1. The number of alkyl halides is 3. The maximum Gasteiger partial charge on any atom is 0.508 e. The SMILES string of the molecule is CCc1ccc(Cc2c(OC3CC(O)[C@H](O)C(COC(=O)OC)O3)nn(Cc3ccccc3)c2C(F)(F)F)cc1. The lowest BCUT2D eigenvalue weighted by Gasteiger charge is -2.36. The van der Waals surface area contributed by atoms with Gasteiger partial charge in [0.05, 0.1) is 25.3 Å². The Balaban J connectivity index is 1.69. The quantitative estimate of drug-likeness (QED) is 0.374. The molecule has 1 aliphatic heterocycles. The average molecular weight is 565 g/mol. The summed E-state index contributed by atoms with van der Waals surface area (Å²) in [5.74, 6) is -0.316. The summed E-state index contributed by atoms with van der Waals surface area (Å²) in [6.07, 6.45) is -10.7. The molecule has 2 N–H and O–H groups in total. The molecule has 0 aliphatic carbocycles. The number of ether oxygens (including phenoxy) is 4. The number of carbonyl (C=O) groups is 1. The summed E-state index contributed by atoms with van der Waals surface area (Å²) >= 11 is 0. The molecule has 1 aliphatic rings. The molecule has 0 bridgehead atoms. The number of aliphatic hydroxyl groups is 2. The van der Waals surface area contributed by atoms with Crippen molar-refractivity contribution in [2.75, 3.05) is 13.7 Å². The number of rotatable bonds is 9. The minimum absolute atomic E-state index is 0.129. The van der Waals surface area contributed by atoms with Crippen LogP contribution < -0.4 is 4.74 Å². The van der Waals surface area contributed by atoms with Crippen LogP contribution in [0.15, 0.2) is 54.6 Å². The molecule has 12 heteroatoms. The van der Waals surface area contributed by atoms with E-state index in [0.29, 0.717) is 11.1 Å². The van der Waals surface area contributed by atoms with Gasteiger partial charge in [-0.1, -0.05) is 61.5 Å². The Morgan fingerprint density at radius 2 is 1.75 bits per heavy atom. The third kappa shape index (κ3) is 7.12. The van der Waals surface area contributed by atoms with Crippen LogP contribution in [0.5, 0.6) is 5.88 Å². The Hall–Kier alpha value is -3.61. The van der Waals surface area contributed by atoms with E-state index in [1.54, 1.807) is 42.5 Å². The molecule has 1 aromatic heterocycles. The van der Waals surface area contributed by atoms with Gasteiger partial charge in [-0.05, 0) is 23.1 Å². The molecule has 9 nitrogen and oxygen atoms in total. The van der Waals surface area contributed by atoms with E-state index in [1.165, 1.54) is 0 Å². The lowest BCUT2D eigenvalue weighted by atomic mass is 10.0. The van der Waals surface area contributed by atoms with Crippen molar-refractivity contribution >= 4 is 6.16 Å². The first-order chi connectivity index (χ1) is 19.1. The molecule has 216 valence electrons. The van der Waals surface area contributed by atoms with E-state index in [1.807, 2.05) is 19.1 Å². The summed E-state index contributed by atoms with van der Waals surface area (Å²) in [5, 5.41) is 24.9. The number of aliphatic hydroxyl groups excluding tert-OH is 2. The van der Waals surface area contributed by atoms with Crippen LogP contribution in [0.4, 0.5) is 18.0 Å². The van der Waals surface area contributed by atoms with Gasteiger partial charge >= 0.3 is 12.3 Å². The van der Waals surface area contributed by atoms with Crippen molar-refractivity contribution in [3.05, 3.63) is 82.5 Å². The first-order valence-electron chi connectivity index (χ1n) is 12.8. The number of nitrogens with zero attached hydrogens (tertiary/aromatic N) is 2. The maximum atomic E-state index is 14.5. The van der Waals surface area contributed by atoms with E-state index in [-0.39, 0.29) is 30.8 Å². The Kier molecular flexibility index (Phi) is 9.33. The largest absolute Gasteiger partial charge is 0.508 e. The highest BCUT2D eigenvalue weighted by atomic mass is 19.4. The second-order valence-corrected chi connectivity index (χ2v) is 9.40. The van der Waals surface area contributed by atoms with Gasteiger partial charge in [-0.2, -0.15) is 13.2 Å². The molecule has 40 heavy (non-hydrogen) atoms. The van der Waals surface area contributed by atoms with Crippen molar-refractivity contribution in [2.45, 2.75) is 63.5 Å². The van der Waals surface area contributed by atoms with Crippen molar-refractivity contribution in [3.63, 3.8) is 0 Å². The van der Waals surface area contributed by atoms with Gasteiger partial charge in [0, 0.05) is 12.8 Å². The summed E-state index contributed by atoms with van der Waals surface area (Å²) in [4.78, 5) is 11.4. The third-order valence-corrected chi connectivity index (χ3v) is 6.58. The summed E-state index contributed by atoms with van der Waals surface area (Å²) in [7, 11) is 1.10. The zero-order chi connectivity index (χ0) is 28.9. The van der Waals surface area contributed by atoms with Crippen molar-refractivity contribution < 1.29 is 47.1 Å². The van der Waals surface area contributed by atoms with Crippen LogP contribution in [-0.4, -0.2) is 64.5 Å². The molecule has 0 radical (unpaired) electrons. The number of hydrogen-bond acceptors (Lipinski definition) is 8. The zero-order valence-corrected chi connectivity index (χ0v) is 22.0. The van der Waals surface area contributed by atoms with Gasteiger partial charge in [-0.25, -0.2) is 4.79 Å². The van der Waals surface area contributed by atoms with Crippen molar-refractivity contribution in [2.24, 2.45) is 0 Å². The van der Waals surface area contributed by atoms with Gasteiger partial charge in [0.15, 0.2) is 0 Å². The van der Waals surface area contributed by atoms with E-state index < -0.39 is 49.2 Å². The van der Waals surface area contributed by atoms with Gasteiger partial charge in [-0.15, -0.1) is 5.10 Å². The second-order valence-electron chi connectivity index (χ2n) is 9.40. The summed E-state index contributed by atoms with van der Waals surface area (Å²) in [5.41, 5.74) is 1.11.